The third-order valence-corrected chi connectivity index (χ3v) is 3.28. The second-order valence-corrected chi connectivity index (χ2v) is 4.95. The molecule has 0 aliphatic rings. The summed E-state index contributed by atoms with van der Waals surface area (Å²) in [4.78, 5) is 12.6. The average molecular weight is 297 g/mol. The number of nitrogens with one attached hydrogen (secondary N) is 1. The minimum atomic E-state index is 0.601. The van der Waals surface area contributed by atoms with Crippen molar-refractivity contribution in [1.29, 1.82) is 0 Å². The van der Waals surface area contributed by atoms with Gasteiger partial charge >= 0.3 is 0 Å². The van der Waals surface area contributed by atoms with Gasteiger partial charge < -0.3 is 5.32 Å². The highest BCUT2D eigenvalue weighted by atomic mass is 35.5. The quantitative estimate of drug-likeness (QED) is 0.795. The maximum Gasteiger partial charge on any atom is 0.222 e. The average Bonchev–Trinajstić information content (AvgIpc) is 2.55. The van der Waals surface area contributed by atoms with E-state index in [1.54, 1.807) is 24.8 Å². The van der Waals surface area contributed by atoms with Crippen molar-refractivity contribution in [2.45, 2.75) is 6.54 Å². The monoisotopic (exact) mass is 296 g/mol. The Morgan fingerprint density at radius 3 is 2.19 bits per heavy atom. The Labute approximate surface area is 127 Å². The lowest BCUT2D eigenvalue weighted by molar-refractivity contribution is 1.05. The van der Waals surface area contributed by atoms with Crippen LogP contribution in [-0.4, -0.2) is 15.0 Å². The lowest BCUT2D eigenvalue weighted by Crippen LogP contribution is -2.03. The fourth-order valence-corrected chi connectivity index (χ4v) is 2.02. The summed E-state index contributed by atoms with van der Waals surface area (Å²) in [6, 6.07) is 11.5. The maximum absolute atomic E-state index is 5.88. The Bertz CT molecular complexity index is 697. The first kappa shape index (κ1) is 13.5. The van der Waals surface area contributed by atoms with Crippen LogP contribution in [-0.2, 0) is 6.54 Å². The van der Waals surface area contributed by atoms with E-state index in [-0.39, 0.29) is 0 Å². The molecule has 1 N–H and O–H groups in total. The number of halogens is 1. The number of anilines is 1. The zero-order valence-corrected chi connectivity index (χ0v) is 12.0. The summed E-state index contributed by atoms with van der Waals surface area (Å²) in [5.41, 5.74) is 3.14. The lowest BCUT2D eigenvalue weighted by Gasteiger charge is -2.06. The standard InChI is InChI=1S/C16H13ClN4/c17-15-3-1-13(2-4-15)14-10-20-16(21-11-14)19-9-12-5-7-18-8-6-12/h1-8,10-11H,9H2,(H,19,20,21). The summed E-state index contributed by atoms with van der Waals surface area (Å²) in [6.45, 7) is 0.669. The van der Waals surface area contributed by atoms with Crippen molar-refractivity contribution in [1.82, 2.24) is 15.0 Å². The van der Waals surface area contributed by atoms with Crippen LogP contribution in [0.15, 0.2) is 61.2 Å². The van der Waals surface area contributed by atoms with Crippen molar-refractivity contribution in [2.75, 3.05) is 5.32 Å². The van der Waals surface area contributed by atoms with Crippen molar-refractivity contribution < 1.29 is 0 Å². The number of hydrogen-bond acceptors (Lipinski definition) is 4. The van der Waals surface area contributed by atoms with Gasteiger partial charge in [0.2, 0.25) is 5.95 Å². The molecule has 2 aromatic heterocycles. The van der Waals surface area contributed by atoms with E-state index in [0.717, 1.165) is 21.7 Å². The van der Waals surface area contributed by atoms with Gasteiger partial charge in [0.25, 0.3) is 0 Å². The Morgan fingerprint density at radius 1 is 0.857 bits per heavy atom. The van der Waals surface area contributed by atoms with Gasteiger partial charge in [0.15, 0.2) is 0 Å². The molecule has 4 nitrogen and oxygen atoms in total. The van der Waals surface area contributed by atoms with Gasteiger partial charge in [-0.15, -0.1) is 0 Å². The molecule has 0 fully saturated rings. The molecule has 3 aromatic rings. The normalized spacial score (nSPS) is 10.3. The van der Waals surface area contributed by atoms with Crippen LogP contribution in [0.1, 0.15) is 5.56 Å². The van der Waals surface area contributed by atoms with Gasteiger partial charge in [0.05, 0.1) is 0 Å². The summed E-state index contributed by atoms with van der Waals surface area (Å²) in [5.74, 6) is 0.601. The first-order chi connectivity index (χ1) is 10.3. The van der Waals surface area contributed by atoms with Crippen LogP contribution in [0.5, 0.6) is 0 Å². The zero-order valence-electron chi connectivity index (χ0n) is 11.2. The van der Waals surface area contributed by atoms with Crippen LogP contribution >= 0.6 is 11.6 Å². The van der Waals surface area contributed by atoms with Crippen molar-refractivity contribution >= 4 is 17.5 Å². The maximum atomic E-state index is 5.88. The molecule has 0 aliphatic carbocycles. The SMILES string of the molecule is Clc1ccc(-c2cnc(NCc3ccncc3)nc2)cc1. The number of pyridine rings is 1. The first-order valence-electron chi connectivity index (χ1n) is 6.52. The van der Waals surface area contributed by atoms with Crippen molar-refractivity contribution in [3.05, 3.63) is 71.8 Å². The van der Waals surface area contributed by atoms with E-state index in [9.17, 15) is 0 Å². The van der Waals surface area contributed by atoms with Crippen LogP contribution in [0.4, 0.5) is 5.95 Å². The summed E-state index contributed by atoms with van der Waals surface area (Å²) in [6.07, 6.45) is 7.12. The minimum Gasteiger partial charge on any atom is -0.350 e. The van der Waals surface area contributed by atoms with Gasteiger partial charge in [-0.2, -0.15) is 0 Å². The van der Waals surface area contributed by atoms with Gasteiger partial charge in [-0.25, -0.2) is 9.97 Å². The van der Waals surface area contributed by atoms with Crippen molar-refractivity contribution in [3.8, 4) is 11.1 Å². The molecule has 104 valence electrons. The zero-order chi connectivity index (χ0) is 14.5. The molecule has 0 spiro atoms. The topological polar surface area (TPSA) is 50.7 Å². The van der Waals surface area contributed by atoms with E-state index in [2.05, 4.69) is 20.3 Å². The second-order valence-electron chi connectivity index (χ2n) is 4.51. The Morgan fingerprint density at radius 2 is 1.52 bits per heavy atom. The highest BCUT2D eigenvalue weighted by Crippen LogP contribution is 2.20. The predicted octanol–water partition coefficient (Wildman–Crippen LogP) is 3.80. The summed E-state index contributed by atoms with van der Waals surface area (Å²) < 4.78 is 0. The molecule has 0 saturated heterocycles. The largest absolute Gasteiger partial charge is 0.350 e. The molecule has 3 rings (SSSR count). The van der Waals surface area contributed by atoms with E-state index in [0.29, 0.717) is 12.5 Å². The first-order valence-corrected chi connectivity index (χ1v) is 6.90. The number of rotatable bonds is 4. The molecule has 0 bridgehead atoms. The van der Waals surface area contributed by atoms with E-state index in [1.807, 2.05) is 36.4 Å². The summed E-state index contributed by atoms with van der Waals surface area (Å²) in [5, 5.41) is 3.90. The smallest absolute Gasteiger partial charge is 0.222 e. The lowest BCUT2D eigenvalue weighted by atomic mass is 10.1. The highest BCUT2D eigenvalue weighted by Gasteiger charge is 2.01. The molecule has 0 amide bonds. The van der Waals surface area contributed by atoms with Crippen molar-refractivity contribution in [2.24, 2.45) is 0 Å². The Balaban J connectivity index is 1.68. The summed E-state index contributed by atoms with van der Waals surface area (Å²) in [7, 11) is 0. The van der Waals surface area contributed by atoms with Gasteiger partial charge in [0, 0.05) is 41.9 Å². The number of hydrogen-bond donors (Lipinski definition) is 1. The van der Waals surface area contributed by atoms with Gasteiger partial charge in [0.1, 0.15) is 0 Å². The fraction of sp³-hybridized carbons (Fsp3) is 0.0625. The fourth-order valence-electron chi connectivity index (χ4n) is 1.89. The molecular formula is C16H13ClN4. The molecule has 0 aliphatic heterocycles. The molecule has 0 radical (unpaired) electrons. The molecule has 0 unspecified atom stereocenters. The Hall–Kier alpha value is -2.46. The van der Waals surface area contributed by atoms with Gasteiger partial charge in [-0.05, 0) is 35.4 Å². The van der Waals surface area contributed by atoms with Gasteiger partial charge in [-0.1, -0.05) is 23.7 Å². The molecule has 2 heterocycles. The molecule has 0 atom stereocenters. The van der Waals surface area contributed by atoms with E-state index < -0.39 is 0 Å². The molecular weight excluding hydrogens is 284 g/mol. The second kappa shape index (κ2) is 6.33. The predicted molar refractivity (Wildman–Crippen MR) is 84.0 cm³/mol. The van der Waals surface area contributed by atoms with Crippen LogP contribution < -0.4 is 5.32 Å². The molecule has 0 saturated carbocycles. The van der Waals surface area contributed by atoms with Gasteiger partial charge in [-0.3, -0.25) is 4.98 Å². The van der Waals surface area contributed by atoms with Crippen LogP contribution in [0.2, 0.25) is 5.02 Å². The van der Waals surface area contributed by atoms with Crippen LogP contribution in [0.3, 0.4) is 0 Å². The molecule has 21 heavy (non-hydrogen) atoms. The van der Waals surface area contributed by atoms with E-state index in [4.69, 9.17) is 11.6 Å². The molecule has 5 heteroatoms. The molecule has 1 aromatic carbocycles. The van der Waals surface area contributed by atoms with E-state index in [1.165, 1.54) is 0 Å². The third kappa shape index (κ3) is 3.55. The van der Waals surface area contributed by atoms with Crippen molar-refractivity contribution in [3.63, 3.8) is 0 Å². The van der Waals surface area contributed by atoms with Crippen LogP contribution in [0.25, 0.3) is 11.1 Å². The van der Waals surface area contributed by atoms with E-state index >= 15 is 0 Å². The summed E-state index contributed by atoms with van der Waals surface area (Å²) >= 11 is 5.88. The Kier molecular flexibility index (Phi) is 4.07. The third-order valence-electron chi connectivity index (χ3n) is 3.03. The van der Waals surface area contributed by atoms with Crippen LogP contribution in [0, 0.1) is 0 Å². The minimum absolute atomic E-state index is 0.601. The number of nitrogens with zero attached hydrogens (tertiary/aromatic N) is 3. The highest BCUT2D eigenvalue weighted by molar-refractivity contribution is 6.30. The number of benzene rings is 1. The number of aromatic nitrogens is 3.